The van der Waals surface area contributed by atoms with Crippen molar-refractivity contribution in [3.8, 4) is 6.07 Å². The van der Waals surface area contributed by atoms with Gasteiger partial charge in [-0.3, -0.25) is 0 Å². The van der Waals surface area contributed by atoms with Crippen molar-refractivity contribution in [2.45, 2.75) is 25.7 Å². The molecule has 1 fully saturated rings. The maximum atomic E-state index is 9.39. The summed E-state index contributed by atoms with van der Waals surface area (Å²) in [6.45, 7) is 3.57. The largest absolute Gasteiger partial charge is 0.381 e. The van der Waals surface area contributed by atoms with Crippen LogP contribution in [-0.2, 0) is 4.74 Å². The molecule has 1 aliphatic heterocycles. The highest BCUT2D eigenvalue weighted by atomic mass is 79.9. The Bertz CT molecular complexity index is 700. The van der Waals surface area contributed by atoms with Gasteiger partial charge < -0.3 is 4.74 Å². The number of ether oxygens (including phenoxy) is 1. The van der Waals surface area contributed by atoms with Crippen molar-refractivity contribution in [3.05, 3.63) is 39.6 Å². The minimum atomic E-state index is 0.371. The fraction of sp³-hybridized carbons (Fsp3) is 0.375. The van der Waals surface area contributed by atoms with Gasteiger partial charge in [0.2, 0.25) is 0 Å². The number of pyridine rings is 1. The van der Waals surface area contributed by atoms with Crippen LogP contribution in [-0.4, -0.2) is 18.2 Å². The second-order valence-corrected chi connectivity index (χ2v) is 6.00. The first-order valence-electron chi connectivity index (χ1n) is 6.78. The summed E-state index contributed by atoms with van der Waals surface area (Å²) in [5, 5.41) is 11.4. The Labute approximate surface area is 126 Å². The van der Waals surface area contributed by atoms with Gasteiger partial charge in [0.25, 0.3) is 0 Å². The molecular weight excluding hydrogens is 316 g/mol. The molecule has 0 amide bonds. The highest BCUT2D eigenvalue weighted by Gasteiger charge is 2.22. The minimum absolute atomic E-state index is 0.371. The van der Waals surface area contributed by atoms with E-state index < -0.39 is 0 Å². The molecule has 0 atom stereocenters. The molecule has 0 radical (unpaired) electrons. The van der Waals surface area contributed by atoms with E-state index in [0.717, 1.165) is 52.6 Å². The van der Waals surface area contributed by atoms with Crippen molar-refractivity contribution in [2.75, 3.05) is 13.2 Å². The van der Waals surface area contributed by atoms with E-state index in [4.69, 9.17) is 4.74 Å². The second-order valence-electron chi connectivity index (χ2n) is 5.21. The van der Waals surface area contributed by atoms with Gasteiger partial charge in [0, 0.05) is 34.4 Å². The third-order valence-electron chi connectivity index (χ3n) is 3.84. The Morgan fingerprint density at radius 3 is 2.75 bits per heavy atom. The molecule has 1 aliphatic rings. The van der Waals surface area contributed by atoms with Crippen LogP contribution in [0.25, 0.3) is 10.8 Å². The molecule has 4 heteroatoms. The van der Waals surface area contributed by atoms with Gasteiger partial charge in [-0.2, -0.15) is 5.26 Å². The van der Waals surface area contributed by atoms with E-state index in [9.17, 15) is 5.26 Å². The van der Waals surface area contributed by atoms with Gasteiger partial charge in [-0.25, -0.2) is 4.98 Å². The van der Waals surface area contributed by atoms with Crippen LogP contribution in [0.5, 0.6) is 0 Å². The van der Waals surface area contributed by atoms with Gasteiger partial charge in [0.1, 0.15) is 11.8 Å². The van der Waals surface area contributed by atoms with Gasteiger partial charge in [-0.1, -0.05) is 17.7 Å². The third-order valence-corrected chi connectivity index (χ3v) is 4.67. The predicted octanol–water partition coefficient (Wildman–Crippen LogP) is 4.07. The molecule has 0 saturated carbocycles. The number of fused-ring (bicyclic) bond motifs is 1. The van der Waals surface area contributed by atoms with Crippen LogP contribution < -0.4 is 0 Å². The molecule has 0 unspecified atom stereocenters. The molecule has 3 rings (SSSR count). The van der Waals surface area contributed by atoms with Crippen LogP contribution in [0.15, 0.2) is 22.7 Å². The highest BCUT2D eigenvalue weighted by Crippen LogP contribution is 2.36. The molecule has 1 aromatic carbocycles. The van der Waals surface area contributed by atoms with E-state index in [0.29, 0.717) is 11.6 Å². The lowest BCUT2D eigenvalue weighted by atomic mass is 9.94. The maximum absolute atomic E-state index is 9.39. The molecule has 0 N–H and O–H groups in total. The van der Waals surface area contributed by atoms with E-state index in [2.05, 4.69) is 39.1 Å². The van der Waals surface area contributed by atoms with E-state index >= 15 is 0 Å². The Morgan fingerprint density at radius 2 is 2.05 bits per heavy atom. The number of halogens is 1. The summed E-state index contributed by atoms with van der Waals surface area (Å²) in [4.78, 5) is 4.62. The lowest BCUT2D eigenvalue weighted by Crippen LogP contribution is -2.16. The minimum Gasteiger partial charge on any atom is -0.381 e. The molecule has 102 valence electrons. The summed E-state index contributed by atoms with van der Waals surface area (Å²) in [5.41, 5.74) is 2.66. The number of rotatable bonds is 1. The highest BCUT2D eigenvalue weighted by molar-refractivity contribution is 9.10. The zero-order valence-corrected chi connectivity index (χ0v) is 12.9. The molecule has 2 heterocycles. The number of nitriles is 1. The van der Waals surface area contributed by atoms with Crippen molar-refractivity contribution in [3.63, 3.8) is 0 Å². The van der Waals surface area contributed by atoms with E-state index in [1.165, 1.54) is 0 Å². The number of hydrogen-bond donors (Lipinski definition) is 0. The first-order chi connectivity index (χ1) is 9.70. The number of nitrogens with zero attached hydrogens (tertiary/aromatic N) is 2. The Hall–Kier alpha value is -1.44. The first-order valence-corrected chi connectivity index (χ1v) is 7.57. The van der Waals surface area contributed by atoms with E-state index in [1.807, 2.05) is 13.0 Å². The summed E-state index contributed by atoms with van der Waals surface area (Å²) in [6.07, 6.45) is 1.93. The van der Waals surface area contributed by atoms with Crippen LogP contribution in [0, 0.1) is 18.3 Å². The van der Waals surface area contributed by atoms with Crippen molar-refractivity contribution in [2.24, 2.45) is 0 Å². The molecule has 3 nitrogen and oxygen atoms in total. The second kappa shape index (κ2) is 5.51. The van der Waals surface area contributed by atoms with Crippen LogP contribution in [0.3, 0.4) is 0 Å². The summed E-state index contributed by atoms with van der Waals surface area (Å²) in [6, 6.07) is 8.41. The Kier molecular flexibility index (Phi) is 3.73. The lowest BCUT2D eigenvalue weighted by Gasteiger charge is -2.23. The SMILES string of the molecule is Cc1ccc2c(Br)c(C3CCOCC3)nc(C#N)c2c1. The van der Waals surface area contributed by atoms with Crippen LogP contribution in [0.1, 0.15) is 35.7 Å². The molecule has 1 aromatic heterocycles. The summed E-state index contributed by atoms with van der Waals surface area (Å²) in [5.74, 6) is 0.371. The van der Waals surface area contributed by atoms with Gasteiger partial charge in [-0.05, 0) is 41.8 Å². The van der Waals surface area contributed by atoms with Crippen molar-refractivity contribution >= 4 is 26.7 Å². The summed E-state index contributed by atoms with van der Waals surface area (Å²) < 4.78 is 6.44. The quantitative estimate of drug-likeness (QED) is 0.791. The number of aromatic nitrogens is 1. The fourth-order valence-corrected chi connectivity index (χ4v) is 3.50. The zero-order chi connectivity index (χ0) is 14.1. The standard InChI is InChI=1S/C16H15BrN2O/c1-10-2-3-12-13(8-10)14(9-18)19-16(15(12)17)11-4-6-20-7-5-11/h2-3,8,11H,4-7H2,1H3. The molecule has 1 saturated heterocycles. The average molecular weight is 331 g/mol. The van der Waals surface area contributed by atoms with Gasteiger partial charge in [0.05, 0.1) is 5.69 Å². The third kappa shape index (κ3) is 2.32. The monoisotopic (exact) mass is 330 g/mol. The first kappa shape index (κ1) is 13.5. The topological polar surface area (TPSA) is 45.9 Å². The van der Waals surface area contributed by atoms with Crippen LogP contribution in [0.4, 0.5) is 0 Å². The molecule has 2 aromatic rings. The summed E-state index contributed by atoms with van der Waals surface area (Å²) >= 11 is 3.69. The molecule has 0 spiro atoms. The van der Waals surface area contributed by atoms with Crippen molar-refractivity contribution < 1.29 is 4.74 Å². The predicted molar refractivity (Wildman–Crippen MR) is 81.7 cm³/mol. The van der Waals surface area contributed by atoms with Gasteiger partial charge in [0.15, 0.2) is 0 Å². The van der Waals surface area contributed by atoms with Crippen LogP contribution >= 0.6 is 15.9 Å². The van der Waals surface area contributed by atoms with Crippen molar-refractivity contribution in [1.29, 1.82) is 5.26 Å². The maximum Gasteiger partial charge on any atom is 0.148 e. The zero-order valence-electron chi connectivity index (χ0n) is 11.3. The summed E-state index contributed by atoms with van der Waals surface area (Å²) in [7, 11) is 0. The molecule has 0 aliphatic carbocycles. The van der Waals surface area contributed by atoms with E-state index in [-0.39, 0.29) is 0 Å². The number of benzene rings is 1. The normalized spacial score (nSPS) is 16.2. The number of hydrogen-bond acceptors (Lipinski definition) is 3. The fourth-order valence-electron chi connectivity index (χ4n) is 2.74. The van der Waals surface area contributed by atoms with Crippen LogP contribution in [0.2, 0.25) is 0 Å². The lowest BCUT2D eigenvalue weighted by molar-refractivity contribution is 0.0844. The van der Waals surface area contributed by atoms with Gasteiger partial charge in [-0.15, -0.1) is 0 Å². The number of aryl methyl sites for hydroxylation is 1. The smallest absolute Gasteiger partial charge is 0.148 e. The van der Waals surface area contributed by atoms with Crippen molar-refractivity contribution in [1.82, 2.24) is 4.98 Å². The molecular formula is C16H15BrN2O. The molecule has 20 heavy (non-hydrogen) atoms. The van der Waals surface area contributed by atoms with E-state index in [1.54, 1.807) is 0 Å². The Morgan fingerprint density at radius 1 is 1.30 bits per heavy atom. The molecule has 0 bridgehead atoms. The van der Waals surface area contributed by atoms with Gasteiger partial charge >= 0.3 is 0 Å². The Balaban J connectivity index is 2.21. The average Bonchev–Trinajstić information content (AvgIpc) is 2.48.